The highest BCUT2D eigenvalue weighted by Gasteiger charge is 1.99. The fourth-order valence-corrected chi connectivity index (χ4v) is 0.961. The minimum atomic E-state index is 0.331. The molecule has 2 heteroatoms. The van der Waals surface area contributed by atoms with Crippen LogP contribution in [0.5, 0.6) is 0 Å². The summed E-state index contributed by atoms with van der Waals surface area (Å²) in [5, 5.41) is 0. The number of ether oxygens (including phenoxy) is 1. The maximum atomic E-state index is 4.98. The first-order valence-corrected chi connectivity index (χ1v) is 3.48. The summed E-state index contributed by atoms with van der Waals surface area (Å²) in [5.74, 6) is 0.977. The Labute approximate surface area is 58.9 Å². The first kappa shape index (κ1) is 8.02. The average molecular weight is 179 g/mol. The van der Waals surface area contributed by atoms with E-state index in [4.69, 9.17) is 4.74 Å². The number of allylic oxidation sites excluding steroid dienone is 2. The minimum Gasteiger partial charge on any atom is -0.500 e. The first-order valence-electron chi connectivity index (χ1n) is 2.56. The van der Waals surface area contributed by atoms with E-state index in [-0.39, 0.29) is 0 Å². The molecule has 0 bridgehead atoms. The van der Waals surface area contributed by atoms with Crippen LogP contribution in [0.1, 0.15) is 13.8 Å². The van der Waals surface area contributed by atoms with Crippen LogP contribution in [-0.4, -0.2) is 11.9 Å². The zero-order valence-corrected chi connectivity index (χ0v) is 7.03. The van der Waals surface area contributed by atoms with Crippen molar-refractivity contribution in [3.63, 3.8) is 0 Å². The van der Waals surface area contributed by atoms with Crippen LogP contribution in [-0.2, 0) is 4.74 Å². The Balaban J connectivity index is 3.72. The maximum Gasteiger partial charge on any atom is 0.105 e. The van der Waals surface area contributed by atoms with Gasteiger partial charge in [0.05, 0.1) is 11.9 Å². The van der Waals surface area contributed by atoms with Gasteiger partial charge in [0.1, 0.15) is 5.76 Å². The largest absolute Gasteiger partial charge is 0.500 e. The van der Waals surface area contributed by atoms with E-state index in [9.17, 15) is 0 Å². The van der Waals surface area contributed by atoms with Crippen LogP contribution < -0.4 is 0 Å². The molecule has 0 heterocycles. The second-order valence-electron chi connectivity index (χ2n) is 1.51. The van der Waals surface area contributed by atoms with Crippen LogP contribution in [0.15, 0.2) is 11.8 Å². The van der Waals surface area contributed by atoms with Crippen molar-refractivity contribution in [3.05, 3.63) is 11.8 Å². The summed E-state index contributed by atoms with van der Waals surface area (Å²) in [7, 11) is 1.67. The van der Waals surface area contributed by atoms with Gasteiger partial charge < -0.3 is 4.74 Å². The quantitative estimate of drug-likeness (QED) is 0.466. The summed E-state index contributed by atoms with van der Waals surface area (Å²) in [6.07, 6.45) is 1.94. The molecule has 1 nitrogen and oxygen atoms in total. The average Bonchev–Trinajstić information content (AvgIpc) is 1.69. The number of hydrogen-bond acceptors (Lipinski definition) is 1. The van der Waals surface area contributed by atoms with Crippen molar-refractivity contribution >= 4 is 15.9 Å². The zero-order chi connectivity index (χ0) is 6.57. The molecule has 0 aromatic carbocycles. The number of alkyl halides is 1. The molecule has 0 aliphatic heterocycles. The van der Waals surface area contributed by atoms with Crippen LogP contribution in [0.25, 0.3) is 0 Å². The second kappa shape index (κ2) is 3.96. The molecule has 0 fully saturated rings. The van der Waals surface area contributed by atoms with Crippen molar-refractivity contribution in [3.8, 4) is 0 Å². The van der Waals surface area contributed by atoms with E-state index in [0.29, 0.717) is 4.83 Å². The lowest BCUT2D eigenvalue weighted by Gasteiger charge is -2.05. The molecule has 0 amide bonds. The number of hydrogen-bond donors (Lipinski definition) is 0. The molecule has 0 aliphatic rings. The standard InChI is InChI=1S/C6H11BrO/c1-4-6(8-3)5(2)7/h4-5H,1-3H3. The SMILES string of the molecule is CC=C(OC)C(C)Br. The van der Waals surface area contributed by atoms with Gasteiger partial charge in [-0.25, -0.2) is 0 Å². The molecule has 0 saturated carbocycles. The Morgan fingerprint density at radius 3 is 2.25 bits per heavy atom. The fourth-order valence-electron chi connectivity index (χ4n) is 0.510. The predicted octanol–water partition coefficient (Wildman–Crippen LogP) is 2.32. The zero-order valence-electron chi connectivity index (χ0n) is 5.44. The third-order valence-electron chi connectivity index (χ3n) is 0.912. The smallest absolute Gasteiger partial charge is 0.105 e. The number of rotatable bonds is 2. The van der Waals surface area contributed by atoms with E-state index in [2.05, 4.69) is 15.9 Å². The Morgan fingerprint density at radius 1 is 1.75 bits per heavy atom. The van der Waals surface area contributed by atoms with Gasteiger partial charge in [0.15, 0.2) is 0 Å². The van der Waals surface area contributed by atoms with Gasteiger partial charge in [0, 0.05) is 0 Å². The highest BCUT2D eigenvalue weighted by atomic mass is 79.9. The topological polar surface area (TPSA) is 9.23 Å². The van der Waals surface area contributed by atoms with E-state index in [0.717, 1.165) is 5.76 Å². The molecule has 48 valence electrons. The van der Waals surface area contributed by atoms with Gasteiger partial charge in [-0.05, 0) is 19.9 Å². The van der Waals surface area contributed by atoms with E-state index in [1.54, 1.807) is 7.11 Å². The summed E-state index contributed by atoms with van der Waals surface area (Å²) in [6, 6.07) is 0. The Kier molecular flexibility index (Phi) is 3.97. The lowest BCUT2D eigenvalue weighted by molar-refractivity contribution is 0.284. The first-order chi connectivity index (χ1) is 3.72. The van der Waals surface area contributed by atoms with Crippen LogP contribution in [0, 0.1) is 0 Å². The van der Waals surface area contributed by atoms with Crippen molar-refractivity contribution in [1.82, 2.24) is 0 Å². The van der Waals surface area contributed by atoms with Crippen molar-refractivity contribution in [2.24, 2.45) is 0 Å². The molecule has 0 rings (SSSR count). The van der Waals surface area contributed by atoms with E-state index >= 15 is 0 Å². The van der Waals surface area contributed by atoms with Gasteiger partial charge in [-0.3, -0.25) is 0 Å². The van der Waals surface area contributed by atoms with Crippen molar-refractivity contribution < 1.29 is 4.74 Å². The monoisotopic (exact) mass is 178 g/mol. The molecule has 0 saturated heterocycles. The predicted molar refractivity (Wildman–Crippen MR) is 39.2 cm³/mol. The van der Waals surface area contributed by atoms with Gasteiger partial charge in [-0.15, -0.1) is 0 Å². The summed E-state index contributed by atoms with van der Waals surface area (Å²) in [4.78, 5) is 0.331. The Morgan fingerprint density at radius 2 is 2.25 bits per heavy atom. The lowest BCUT2D eigenvalue weighted by atomic mass is 10.4. The summed E-state index contributed by atoms with van der Waals surface area (Å²) in [5.41, 5.74) is 0. The molecular formula is C6H11BrO. The summed E-state index contributed by atoms with van der Waals surface area (Å²) >= 11 is 3.37. The fraction of sp³-hybridized carbons (Fsp3) is 0.667. The number of halogens is 1. The van der Waals surface area contributed by atoms with Gasteiger partial charge in [0.25, 0.3) is 0 Å². The van der Waals surface area contributed by atoms with Gasteiger partial charge in [0.2, 0.25) is 0 Å². The highest BCUT2D eigenvalue weighted by molar-refractivity contribution is 9.09. The molecule has 0 aromatic heterocycles. The number of methoxy groups -OCH3 is 1. The second-order valence-corrected chi connectivity index (χ2v) is 2.88. The van der Waals surface area contributed by atoms with Gasteiger partial charge >= 0.3 is 0 Å². The maximum absolute atomic E-state index is 4.98. The normalized spacial score (nSPS) is 15.8. The molecular weight excluding hydrogens is 168 g/mol. The third kappa shape index (κ3) is 2.36. The lowest BCUT2D eigenvalue weighted by Crippen LogP contribution is -1.97. The molecule has 0 N–H and O–H groups in total. The molecule has 1 unspecified atom stereocenters. The van der Waals surface area contributed by atoms with Crippen LogP contribution in [0.2, 0.25) is 0 Å². The van der Waals surface area contributed by atoms with Crippen LogP contribution in [0.4, 0.5) is 0 Å². The minimum absolute atomic E-state index is 0.331. The Bertz CT molecular complexity index is 86.5. The Hall–Kier alpha value is 0.0200. The molecule has 0 radical (unpaired) electrons. The molecule has 8 heavy (non-hydrogen) atoms. The molecule has 1 atom stereocenters. The third-order valence-corrected chi connectivity index (χ3v) is 1.36. The van der Waals surface area contributed by atoms with E-state index < -0.39 is 0 Å². The summed E-state index contributed by atoms with van der Waals surface area (Å²) < 4.78 is 4.98. The van der Waals surface area contributed by atoms with Crippen molar-refractivity contribution in [2.45, 2.75) is 18.7 Å². The molecule has 0 aromatic rings. The van der Waals surface area contributed by atoms with Crippen molar-refractivity contribution in [2.75, 3.05) is 7.11 Å². The van der Waals surface area contributed by atoms with E-state index in [1.165, 1.54) is 0 Å². The van der Waals surface area contributed by atoms with Crippen LogP contribution >= 0.6 is 15.9 Å². The van der Waals surface area contributed by atoms with Gasteiger partial charge in [-0.1, -0.05) is 15.9 Å². The van der Waals surface area contributed by atoms with Crippen molar-refractivity contribution in [1.29, 1.82) is 0 Å². The van der Waals surface area contributed by atoms with Gasteiger partial charge in [-0.2, -0.15) is 0 Å². The molecule has 0 spiro atoms. The van der Waals surface area contributed by atoms with Crippen LogP contribution in [0.3, 0.4) is 0 Å². The van der Waals surface area contributed by atoms with E-state index in [1.807, 2.05) is 19.9 Å². The highest BCUT2D eigenvalue weighted by Crippen LogP contribution is 2.10. The molecule has 0 aliphatic carbocycles. The summed E-state index contributed by atoms with van der Waals surface area (Å²) in [6.45, 7) is 3.98.